The molecule has 1 rings (SSSR count). The SMILES string of the molecule is CCC(CC)(CN)C(=O)NC(C)c1ccncc1. The summed E-state index contributed by atoms with van der Waals surface area (Å²) in [6, 6.07) is 3.80. The molecule has 0 saturated heterocycles. The largest absolute Gasteiger partial charge is 0.349 e. The molecule has 4 heteroatoms. The first-order chi connectivity index (χ1) is 8.59. The second-order valence-electron chi connectivity index (χ2n) is 4.67. The molecule has 0 bridgehead atoms. The van der Waals surface area contributed by atoms with E-state index in [0.29, 0.717) is 6.54 Å². The van der Waals surface area contributed by atoms with E-state index in [1.165, 1.54) is 0 Å². The van der Waals surface area contributed by atoms with Gasteiger partial charge in [-0.2, -0.15) is 0 Å². The highest BCUT2D eigenvalue weighted by molar-refractivity contribution is 5.83. The summed E-state index contributed by atoms with van der Waals surface area (Å²) in [5.74, 6) is 0.0410. The Kier molecular flexibility index (Phi) is 5.28. The van der Waals surface area contributed by atoms with Gasteiger partial charge in [0.15, 0.2) is 0 Å². The molecule has 0 fully saturated rings. The molecule has 3 N–H and O–H groups in total. The molecule has 100 valence electrons. The average Bonchev–Trinajstić information content (AvgIpc) is 2.42. The average molecular weight is 249 g/mol. The van der Waals surface area contributed by atoms with Crippen LogP contribution in [0.3, 0.4) is 0 Å². The van der Waals surface area contributed by atoms with E-state index in [9.17, 15) is 4.79 Å². The molecule has 0 aliphatic rings. The van der Waals surface area contributed by atoms with Gasteiger partial charge in [0.05, 0.1) is 11.5 Å². The molecular weight excluding hydrogens is 226 g/mol. The summed E-state index contributed by atoms with van der Waals surface area (Å²) in [5, 5.41) is 3.04. The first-order valence-corrected chi connectivity index (χ1v) is 6.50. The van der Waals surface area contributed by atoms with Gasteiger partial charge in [-0.25, -0.2) is 0 Å². The topological polar surface area (TPSA) is 68.0 Å². The van der Waals surface area contributed by atoms with E-state index < -0.39 is 5.41 Å². The molecule has 0 aliphatic heterocycles. The number of nitrogens with one attached hydrogen (secondary N) is 1. The third-order valence-corrected chi connectivity index (χ3v) is 3.78. The lowest BCUT2D eigenvalue weighted by Crippen LogP contribution is -2.46. The monoisotopic (exact) mass is 249 g/mol. The predicted octanol–water partition coefficient (Wildman–Crippen LogP) is 2.02. The fourth-order valence-electron chi connectivity index (χ4n) is 2.04. The first-order valence-electron chi connectivity index (χ1n) is 6.50. The van der Waals surface area contributed by atoms with Crippen LogP contribution in [0.25, 0.3) is 0 Å². The van der Waals surface area contributed by atoms with Crippen molar-refractivity contribution >= 4 is 5.91 Å². The maximum atomic E-state index is 12.3. The number of hydrogen-bond acceptors (Lipinski definition) is 3. The lowest BCUT2D eigenvalue weighted by molar-refractivity contribution is -0.131. The molecule has 4 nitrogen and oxygen atoms in total. The van der Waals surface area contributed by atoms with Gasteiger partial charge >= 0.3 is 0 Å². The molecule has 0 radical (unpaired) electrons. The van der Waals surface area contributed by atoms with Crippen LogP contribution in [0, 0.1) is 5.41 Å². The van der Waals surface area contributed by atoms with Crippen LogP contribution in [0.1, 0.15) is 45.2 Å². The number of rotatable bonds is 6. The molecule has 18 heavy (non-hydrogen) atoms. The highest BCUT2D eigenvalue weighted by Crippen LogP contribution is 2.26. The molecule has 1 amide bonds. The van der Waals surface area contributed by atoms with Crippen LogP contribution in [0.4, 0.5) is 0 Å². The number of pyridine rings is 1. The Morgan fingerprint density at radius 1 is 1.39 bits per heavy atom. The van der Waals surface area contributed by atoms with Crippen molar-refractivity contribution in [2.75, 3.05) is 6.54 Å². The van der Waals surface area contributed by atoms with Crippen LogP contribution in [0.2, 0.25) is 0 Å². The Labute approximate surface area is 109 Å². The Hall–Kier alpha value is -1.42. The molecule has 1 aromatic rings. The number of nitrogens with zero attached hydrogens (tertiary/aromatic N) is 1. The highest BCUT2D eigenvalue weighted by Gasteiger charge is 2.33. The van der Waals surface area contributed by atoms with Gasteiger partial charge < -0.3 is 11.1 Å². The highest BCUT2D eigenvalue weighted by atomic mass is 16.2. The molecule has 1 atom stereocenters. The summed E-state index contributed by atoms with van der Waals surface area (Å²) >= 11 is 0. The van der Waals surface area contributed by atoms with Crippen molar-refractivity contribution in [2.24, 2.45) is 11.1 Å². The summed E-state index contributed by atoms with van der Waals surface area (Å²) in [4.78, 5) is 16.3. The zero-order valence-electron chi connectivity index (χ0n) is 11.4. The molecule has 0 aliphatic carbocycles. The van der Waals surface area contributed by atoms with Gasteiger partial charge in [-0.05, 0) is 37.5 Å². The normalized spacial score (nSPS) is 13.1. The van der Waals surface area contributed by atoms with Gasteiger partial charge in [0.25, 0.3) is 0 Å². The summed E-state index contributed by atoms with van der Waals surface area (Å²) in [6.07, 6.45) is 4.98. The van der Waals surface area contributed by atoms with Crippen molar-refractivity contribution in [2.45, 2.75) is 39.7 Å². The van der Waals surface area contributed by atoms with E-state index in [1.807, 2.05) is 32.9 Å². The van der Waals surface area contributed by atoms with Crippen LogP contribution in [0.15, 0.2) is 24.5 Å². The number of aromatic nitrogens is 1. The number of nitrogens with two attached hydrogens (primary N) is 1. The predicted molar refractivity (Wildman–Crippen MR) is 72.9 cm³/mol. The van der Waals surface area contributed by atoms with Crippen molar-refractivity contribution in [3.63, 3.8) is 0 Å². The van der Waals surface area contributed by atoms with Crippen molar-refractivity contribution in [1.82, 2.24) is 10.3 Å². The van der Waals surface area contributed by atoms with Gasteiger partial charge in [-0.15, -0.1) is 0 Å². The van der Waals surface area contributed by atoms with E-state index in [0.717, 1.165) is 18.4 Å². The van der Waals surface area contributed by atoms with Crippen LogP contribution in [0.5, 0.6) is 0 Å². The maximum absolute atomic E-state index is 12.3. The zero-order chi connectivity index (χ0) is 13.6. The summed E-state index contributed by atoms with van der Waals surface area (Å²) in [5.41, 5.74) is 6.38. The van der Waals surface area contributed by atoms with E-state index in [2.05, 4.69) is 10.3 Å². The molecule has 0 spiro atoms. The Morgan fingerprint density at radius 3 is 2.39 bits per heavy atom. The summed E-state index contributed by atoms with van der Waals surface area (Å²) in [7, 11) is 0. The van der Waals surface area contributed by atoms with Crippen molar-refractivity contribution < 1.29 is 4.79 Å². The van der Waals surface area contributed by atoms with E-state index >= 15 is 0 Å². The van der Waals surface area contributed by atoms with Crippen LogP contribution >= 0.6 is 0 Å². The standard InChI is InChI=1S/C14H23N3O/c1-4-14(5-2,10-15)13(18)17-11(3)12-6-8-16-9-7-12/h6-9,11H,4-5,10,15H2,1-3H3,(H,17,18). The second kappa shape index (κ2) is 6.50. The molecule has 1 aromatic heterocycles. The third kappa shape index (κ3) is 3.07. The first kappa shape index (κ1) is 14.6. The minimum Gasteiger partial charge on any atom is -0.349 e. The molecule has 0 saturated carbocycles. The molecular formula is C14H23N3O. The van der Waals surface area contributed by atoms with Gasteiger partial charge in [0.2, 0.25) is 5.91 Å². The van der Waals surface area contributed by atoms with Crippen LogP contribution in [-0.4, -0.2) is 17.4 Å². The number of carbonyl (C=O) groups excluding carboxylic acids is 1. The lowest BCUT2D eigenvalue weighted by atomic mass is 9.81. The Morgan fingerprint density at radius 2 is 1.94 bits per heavy atom. The lowest BCUT2D eigenvalue weighted by Gasteiger charge is -2.30. The van der Waals surface area contributed by atoms with E-state index in [-0.39, 0.29) is 11.9 Å². The van der Waals surface area contributed by atoms with Crippen molar-refractivity contribution in [3.05, 3.63) is 30.1 Å². The smallest absolute Gasteiger partial charge is 0.227 e. The van der Waals surface area contributed by atoms with E-state index in [1.54, 1.807) is 12.4 Å². The number of hydrogen-bond donors (Lipinski definition) is 2. The summed E-state index contributed by atoms with van der Waals surface area (Å²) < 4.78 is 0. The molecule has 1 heterocycles. The van der Waals surface area contributed by atoms with Gasteiger partial charge in [0.1, 0.15) is 0 Å². The quantitative estimate of drug-likeness (QED) is 0.810. The van der Waals surface area contributed by atoms with Gasteiger partial charge in [0, 0.05) is 18.9 Å². The maximum Gasteiger partial charge on any atom is 0.227 e. The van der Waals surface area contributed by atoms with Gasteiger partial charge in [-0.3, -0.25) is 9.78 Å². The fraction of sp³-hybridized carbons (Fsp3) is 0.571. The van der Waals surface area contributed by atoms with Crippen LogP contribution < -0.4 is 11.1 Å². The Balaban J connectivity index is 2.75. The second-order valence-corrected chi connectivity index (χ2v) is 4.67. The van der Waals surface area contributed by atoms with Crippen molar-refractivity contribution in [3.8, 4) is 0 Å². The van der Waals surface area contributed by atoms with Gasteiger partial charge in [-0.1, -0.05) is 13.8 Å². The van der Waals surface area contributed by atoms with E-state index in [4.69, 9.17) is 5.73 Å². The minimum absolute atomic E-state index is 0.0236. The Bertz CT molecular complexity index is 366. The van der Waals surface area contributed by atoms with Crippen molar-refractivity contribution in [1.29, 1.82) is 0 Å². The minimum atomic E-state index is -0.443. The summed E-state index contributed by atoms with van der Waals surface area (Å²) in [6.45, 7) is 6.37. The number of amides is 1. The fourth-order valence-corrected chi connectivity index (χ4v) is 2.04. The number of carbonyl (C=O) groups is 1. The van der Waals surface area contributed by atoms with Crippen LogP contribution in [-0.2, 0) is 4.79 Å². The molecule has 1 unspecified atom stereocenters. The molecule has 0 aromatic carbocycles. The third-order valence-electron chi connectivity index (χ3n) is 3.78. The zero-order valence-corrected chi connectivity index (χ0v) is 11.4.